The number of hydrogen-bond donors (Lipinski definition) is 1. The quantitative estimate of drug-likeness (QED) is 0.783. The standard InChI is InChI=1S/C14H26ClN3/c1-5-8-12(16-6-2)9-10-13-14(15)11(4)17-18(13)7-3/h12,16H,5-10H2,1-4H3. The summed E-state index contributed by atoms with van der Waals surface area (Å²) in [6, 6.07) is 0.594. The van der Waals surface area contributed by atoms with Crippen molar-refractivity contribution in [2.24, 2.45) is 0 Å². The highest BCUT2D eigenvalue weighted by molar-refractivity contribution is 6.31. The minimum atomic E-state index is 0.594. The summed E-state index contributed by atoms with van der Waals surface area (Å²) in [6.45, 7) is 10.4. The van der Waals surface area contributed by atoms with Gasteiger partial charge < -0.3 is 5.32 Å². The summed E-state index contributed by atoms with van der Waals surface area (Å²) in [6.07, 6.45) is 4.58. The van der Waals surface area contributed by atoms with Crippen LogP contribution in [0.3, 0.4) is 0 Å². The van der Waals surface area contributed by atoms with Crippen LogP contribution in [0.5, 0.6) is 0 Å². The first kappa shape index (κ1) is 15.5. The van der Waals surface area contributed by atoms with Crippen LogP contribution in [0.4, 0.5) is 0 Å². The van der Waals surface area contributed by atoms with Gasteiger partial charge in [0.15, 0.2) is 0 Å². The number of aromatic nitrogens is 2. The normalized spacial score (nSPS) is 12.9. The molecule has 0 saturated carbocycles. The Kier molecular flexibility index (Phi) is 6.72. The van der Waals surface area contributed by atoms with E-state index in [0.717, 1.165) is 36.6 Å². The lowest BCUT2D eigenvalue weighted by molar-refractivity contribution is 0.452. The molecule has 0 aliphatic rings. The van der Waals surface area contributed by atoms with E-state index in [-0.39, 0.29) is 0 Å². The molecule has 0 aliphatic heterocycles. The van der Waals surface area contributed by atoms with E-state index >= 15 is 0 Å². The van der Waals surface area contributed by atoms with Gasteiger partial charge in [-0.15, -0.1) is 0 Å². The Balaban J connectivity index is 2.66. The van der Waals surface area contributed by atoms with Crippen molar-refractivity contribution < 1.29 is 0 Å². The largest absolute Gasteiger partial charge is 0.314 e. The maximum Gasteiger partial charge on any atom is 0.0847 e. The van der Waals surface area contributed by atoms with Crippen molar-refractivity contribution in [3.8, 4) is 0 Å². The number of nitrogens with zero attached hydrogens (tertiary/aromatic N) is 2. The zero-order chi connectivity index (χ0) is 13.5. The van der Waals surface area contributed by atoms with Crippen LogP contribution in [0.1, 0.15) is 51.4 Å². The van der Waals surface area contributed by atoms with E-state index in [1.54, 1.807) is 0 Å². The van der Waals surface area contributed by atoms with Gasteiger partial charge in [0.05, 0.1) is 16.4 Å². The summed E-state index contributed by atoms with van der Waals surface area (Å²) in [5.74, 6) is 0. The molecule has 4 heteroatoms. The predicted octanol–water partition coefficient (Wildman–Crippen LogP) is 3.58. The molecule has 0 bridgehead atoms. The fourth-order valence-electron chi connectivity index (χ4n) is 2.40. The topological polar surface area (TPSA) is 29.9 Å². The molecule has 3 nitrogen and oxygen atoms in total. The summed E-state index contributed by atoms with van der Waals surface area (Å²) >= 11 is 6.33. The molecule has 0 aromatic carbocycles. The predicted molar refractivity (Wildman–Crippen MR) is 78.3 cm³/mol. The summed E-state index contributed by atoms with van der Waals surface area (Å²) in [7, 11) is 0. The van der Waals surface area contributed by atoms with Gasteiger partial charge in [-0.1, -0.05) is 31.9 Å². The summed E-state index contributed by atoms with van der Waals surface area (Å²) in [4.78, 5) is 0. The summed E-state index contributed by atoms with van der Waals surface area (Å²) in [5, 5.41) is 8.86. The number of aryl methyl sites for hydroxylation is 2. The zero-order valence-electron chi connectivity index (χ0n) is 12.1. The molecule has 1 N–H and O–H groups in total. The van der Waals surface area contributed by atoms with Gasteiger partial charge in [0.1, 0.15) is 0 Å². The SMILES string of the molecule is CCCC(CCc1c(Cl)c(C)nn1CC)NCC. The van der Waals surface area contributed by atoms with Crippen molar-refractivity contribution in [3.63, 3.8) is 0 Å². The molecule has 104 valence electrons. The van der Waals surface area contributed by atoms with Crippen molar-refractivity contribution in [3.05, 3.63) is 16.4 Å². The molecule has 0 radical (unpaired) electrons. The fraction of sp³-hybridized carbons (Fsp3) is 0.786. The Labute approximate surface area is 116 Å². The van der Waals surface area contributed by atoms with E-state index in [1.807, 2.05) is 11.6 Å². The highest BCUT2D eigenvalue weighted by Crippen LogP contribution is 2.22. The van der Waals surface area contributed by atoms with Crippen molar-refractivity contribution in [1.82, 2.24) is 15.1 Å². The summed E-state index contributed by atoms with van der Waals surface area (Å²) in [5.41, 5.74) is 2.14. The molecule has 0 saturated heterocycles. The van der Waals surface area contributed by atoms with Crippen LogP contribution in [0.15, 0.2) is 0 Å². The molecule has 1 aromatic heterocycles. The molecule has 1 atom stereocenters. The summed E-state index contributed by atoms with van der Waals surface area (Å²) < 4.78 is 2.03. The fourth-order valence-corrected chi connectivity index (χ4v) is 2.63. The van der Waals surface area contributed by atoms with Crippen LogP contribution in [0.25, 0.3) is 0 Å². The third-order valence-corrected chi connectivity index (χ3v) is 3.80. The lowest BCUT2D eigenvalue weighted by Gasteiger charge is -2.17. The van der Waals surface area contributed by atoms with E-state index < -0.39 is 0 Å². The highest BCUT2D eigenvalue weighted by atomic mass is 35.5. The van der Waals surface area contributed by atoms with Gasteiger partial charge >= 0.3 is 0 Å². The van der Waals surface area contributed by atoms with E-state index in [4.69, 9.17) is 11.6 Å². The second kappa shape index (κ2) is 7.80. The first-order chi connectivity index (χ1) is 8.63. The van der Waals surface area contributed by atoms with E-state index in [1.165, 1.54) is 18.5 Å². The van der Waals surface area contributed by atoms with Gasteiger partial charge in [0.25, 0.3) is 0 Å². The number of hydrogen-bond acceptors (Lipinski definition) is 2. The Morgan fingerprint density at radius 1 is 1.28 bits per heavy atom. The highest BCUT2D eigenvalue weighted by Gasteiger charge is 2.14. The second-order valence-corrected chi connectivity index (χ2v) is 5.12. The Morgan fingerprint density at radius 3 is 2.56 bits per heavy atom. The van der Waals surface area contributed by atoms with Gasteiger partial charge in [-0.05, 0) is 39.7 Å². The van der Waals surface area contributed by atoms with Crippen molar-refractivity contribution in [2.45, 2.75) is 66.0 Å². The van der Waals surface area contributed by atoms with Crippen LogP contribution in [-0.4, -0.2) is 22.4 Å². The van der Waals surface area contributed by atoms with Crippen LogP contribution in [0, 0.1) is 6.92 Å². The Hall–Kier alpha value is -0.540. The molecular weight excluding hydrogens is 246 g/mol. The smallest absolute Gasteiger partial charge is 0.0847 e. The Bertz CT molecular complexity index is 354. The maximum atomic E-state index is 6.33. The monoisotopic (exact) mass is 271 g/mol. The van der Waals surface area contributed by atoms with E-state index in [2.05, 4.69) is 31.2 Å². The minimum absolute atomic E-state index is 0.594. The van der Waals surface area contributed by atoms with E-state index in [0.29, 0.717) is 6.04 Å². The molecule has 0 amide bonds. The van der Waals surface area contributed by atoms with Gasteiger partial charge in [0.2, 0.25) is 0 Å². The maximum absolute atomic E-state index is 6.33. The lowest BCUT2D eigenvalue weighted by Crippen LogP contribution is -2.29. The lowest BCUT2D eigenvalue weighted by atomic mass is 10.0. The first-order valence-electron chi connectivity index (χ1n) is 7.09. The average molecular weight is 272 g/mol. The first-order valence-corrected chi connectivity index (χ1v) is 7.46. The number of nitrogens with one attached hydrogen (secondary N) is 1. The molecular formula is C14H26ClN3. The number of rotatable bonds is 8. The Morgan fingerprint density at radius 2 is 2.00 bits per heavy atom. The van der Waals surface area contributed by atoms with Gasteiger partial charge in [-0.3, -0.25) is 4.68 Å². The van der Waals surface area contributed by atoms with Crippen molar-refractivity contribution in [2.75, 3.05) is 6.54 Å². The molecule has 1 unspecified atom stereocenters. The van der Waals surface area contributed by atoms with Crippen LogP contribution in [0.2, 0.25) is 5.02 Å². The van der Waals surface area contributed by atoms with Gasteiger partial charge in [-0.25, -0.2) is 0 Å². The van der Waals surface area contributed by atoms with Crippen LogP contribution in [-0.2, 0) is 13.0 Å². The second-order valence-electron chi connectivity index (χ2n) is 4.74. The molecule has 0 aliphatic carbocycles. The van der Waals surface area contributed by atoms with Crippen LogP contribution >= 0.6 is 11.6 Å². The minimum Gasteiger partial charge on any atom is -0.314 e. The van der Waals surface area contributed by atoms with Crippen molar-refractivity contribution in [1.29, 1.82) is 0 Å². The van der Waals surface area contributed by atoms with Gasteiger partial charge in [0, 0.05) is 12.6 Å². The van der Waals surface area contributed by atoms with Gasteiger partial charge in [-0.2, -0.15) is 5.10 Å². The van der Waals surface area contributed by atoms with E-state index in [9.17, 15) is 0 Å². The molecule has 0 spiro atoms. The number of halogens is 1. The molecule has 1 heterocycles. The third kappa shape index (κ3) is 3.99. The van der Waals surface area contributed by atoms with Crippen molar-refractivity contribution >= 4 is 11.6 Å². The molecule has 18 heavy (non-hydrogen) atoms. The average Bonchev–Trinajstić information content (AvgIpc) is 2.63. The third-order valence-electron chi connectivity index (χ3n) is 3.31. The zero-order valence-corrected chi connectivity index (χ0v) is 12.8. The molecule has 1 aromatic rings. The molecule has 0 fully saturated rings. The molecule has 1 rings (SSSR count). The van der Waals surface area contributed by atoms with Crippen LogP contribution < -0.4 is 5.32 Å².